The Balaban J connectivity index is 2.87. The second-order valence-electron chi connectivity index (χ2n) is 6.60. The summed E-state index contributed by atoms with van der Waals surface area (Å²) in [5.74, 6) is -3.83. The first-order valence-electron chi connectivity index (χ1n) is 9.75. The first-order chi connectivity index (χ1) is 16.5. The maximum Gasteiger partial charge on any atom is 0.345 e. The quantitative estimate of drug-likeness (QED) is 0.215. The lowest BCUT2D eigenvalue weighted by molar-refractivity contribution is -0.163. The second-order valence-corrected chi connectivity index (χ2v) is 6.60. The van der Waals surface area contributed by atoms with E-state index in [1.165, 1.54) is 0 Å². The van der Waals surface area contributed by atoms with Crippen LogP contribution >= 0.6 is 0 Å². The van der Waals surface area contributed by atoms with Gasteiger partial charge in [-0.15, -0.1) is 0 Å². The van der Waals surface area contributed by atoms with Crippen molar-refractivity contribution in [1.82, 2.24) is 10.6 Å². The summed E-state index contributed by atoms with van der Waals surface area (Å²) in [5.41, 5.74) is 5.85. The van der Waals surface area contributed by atoms with Crippen molar-refractivity contribution in [3.8, 4) is 0 Å². The van der Waals surface area contributed by atoms with Gasteiger partial charge in [-0.05, 0) is 5.56 Å². The Morgan fingerprint density at radius 3 is 1.77 bits per heavy atom. The summed E-state index contributed by atoms with van der Waals surface area (Å²) in [6.07, 6.45) is 0. The Kier molecular flexibility index (Phi) is 13.6. The lowest BCUT2D eigenvalue weighted by Gasteiger charge is -2.23. The van der Waals surface area contributed by atoms with E-state index in [4.69, 9.17) is 10.5 Å². The molecule has 0 bridgehead atoms. The van der Waals surface area contributed by atoms with Gasteiger partial charge in [-0.3, -0.25) is 9.59 Å². The molecule has 0 heterocycles. The number of halogens is 6. The number of hydrogen-bond acceptors (Lipinski definition) is 8. The molecule has 0 aliphatic carbocycles. The summed E-state index contributed by atoms with van der Waals surface area (Å²) < 4.78 is 90.9. The number of nitrogens with one attached hydrogen (secondary N) is 2. The SMILES string of the molecule is N[C@@H](COC(F)F)C(=O)N[C@@H](COC(F)F)C(=O)N[C@@H](COC(F)F)C(=O)OCc1ccccc1. The summed E-state index contributed by atoms with van der Waals surface area (Å²) in [6.45, 7) is -13.5. The van der Waals surface area contributed by atoms with Crippen molar-refractivity contribution in [2.24, 2.45) is 5.73 Å². The number of carbonyl (C=O) groups is 3. The Morgan fingerprint density at radius 1 is 0.743 bits per heavy atom. The number of carbonyl (C=O) groups excluding carboxylic acids is 3. The van der Waals surface area contributed by atoms with Crippen molar-refractivity contribution >= 4 is 17.8 Å². The van der Waals surface area contributed by atoms with Gasteiger partial charge < -0.3 is 35.3 Å². The van der Waals surface area contributed by atoms with Gasteiger partial charge >= 0.3 is 25.8 Å². The minimum absolute atomic E-state index is 0.297. The number of hydrogen-bond donors (Lipinski definition) is 3. The van der Waals surface area contributed by atoms with E-state index in [0.29, 0.717) is 5.56 Å². The Labute approximate surface area is 195 Å². The van der Waals surface area contributed by atoms with Gasteiger partial charge in [0.15, 0.2) is 6.04 Å². The Morgan fingerprint density at radius 2 is 1.23 bits per heavy atom. The lowest BCUT2D eigenvalue weighted by atomic mass is 10.2. The number of benzene rings is 1. The first-order valence-corrected chi connectivity index (χ1v) is 9.75. The van der Waals surface area contributed by atoms with Crippen LogP contribution in [0.1, 0.15) is 5.56 Å². The average Bonchev–Trinajstić information content (AvgIpc) is 2.81. The molecule has 0 radical (unpaired) electrons. The normalized spacial score (nSPS) is 14.0. The van der Waals surface area contributed by atoms with Crippen molar-refractivity contribution in [1.29, 1.82) is 0 Å². The van der Waals surface area contributed by atoms with Crippen LogP contribution in [0.4, 0.5) is 26.3 Å². The summed E-state index contributed by atoms with van der Waals surface area (Å²) in [6, 6.07) is 2.61. The molecule has 1 aromatic rings. The van der Waals surface area contributed by atoms with Crippen molar-refractivity contribution in [2.75, 3.05) is 19.8 Å². The predicted molar refractivity (Wildman–Crippen MR) is 104 cm³/mol. The molecule has 16 heteroatoms. The van der Waals surface area contributed by atoms with Crippen LogP contribution in [0.3, 0.4) is 0 Å². The van der Waals surface area contributed by atoms with E-state index in [1.807, 2.05) is 10.6 Å². The monoisotopic (exact) mass is 519 g/mol. The highest BCUT2D eigenvalue weighted by Crippen LogP contribution is 2.05. The Bertz CT molecular complexity index is 791. The molecule has 10 nitrogen and oxygen atoms in total. The molecular weight excluding hydrogens is 496 g/mol. The summed E-state index contributed by atoms with van der Waals surface area (Å²) >= 11 is 0. The van der Waals surface area contributed by atoms with Crippen molar-refractivity contribution in [3.63, 3.8) is 0 Å². The van der Waals surface area contributed by atoms with E-state index in [-0.39, 0.29) is 6.61 Å². The second kappa shape index (κ2) is 15.9. The zero-order chi connectivity index (χ0) is 26.4. The largest absolute Gasteiger partial charge is 0.459 e. The van der Waals surface area contributed by atoms with E-state index in [1.54, 1.807) is 30.3 Å². The molecular formula is C19H23F6N3O7. The molecule has 0 saturated heterocycles. The van der Waals surface area contributed by atoms with Crippen LogP contribution in [0.15, 0.2) is 30.3 Å². The highest BCUT2D eigenvalue weighted by atomic mass is 19.3. The first kappa shape index (κ1) is 30.1. The molecule has 0 spiro atoms. The van der Waals surface area contributed by atoms with Crippen LogP contribution in [-0.2, 0) is 39.9 Å². The zero-order valence-electron chi connectivity index (χ0n) is 17.9. The third-order valence-corrected chi connectivity index (χ3v) is 3.97. The van der Waals surface area contributed by atoms with Crippen LogP contribution in [-0.4, -0.2) is 75.6 Å². The van der Waals surface area contributed by atoms with Gasteiger partial charge in [0, 0.05) is 0 Å². The van der Waals surface area contributed by atoms with E-state index >= 15 is 0 Å². The van der Waals surface area contributed by atoms with E-state index < -0.39 is 75.6 Å². The minimum atomic E-state index is -3.38. The molecule has 35 heavy (non-hydrogen) atoms. The zero-order valence-corrected chi connectivity index (χ0v) is 17.9. The van der Waals surface area contributed by atoms with Gasteiger partial charge in [0.05, 0.1) is 19.8 Å². The van der Waals surface area contributed by atoms with Gasteiger partial charge in [0.2, 0.25) is 11.8 Å². The number of alkyl halides is 6. The minimum Gasteiger partial charge on any atom is -0.459 e. The molecule has 4 N–H and O–H groups in total. The van der Waals surface area contributed by atoms with Crippen LogP contribution in [0, 0.1) is 0 Å². The van der Waals surface area contributed by atoms with Crippen LogP contribution in [0.2, 0.25) is 0 Å². The number of rotatable bonds is 16. The van der Waals surface area contributed by atoms with Crippen molar-refractivity contribution in [3.05, 3.63) is 35.9 Å². The Hall–Kier alpha value is -2.95. The number of amides is 2. The van der Waals surface area contributed by atoms with Crippen LogP contribution < -0.4 is 16.4 Å². The van der Waals surface area contributed by atoms with Crippen LogP contribution in [0.5, 0.6) is 0 Å². The molecule has 1 rings (SSSR count). The van der Waals surface area contributed by atoms with Gasteiger partial charge in [0.25, 0.3) is 0 Å². The molecule has 0 saturated carbocycles. The number of nitrogens with two attached hydrogens (primary N) is 1. The third-order valence-electron chi connectivity index (χ3n) is 3.97. The molecule has 2 amide bonds. The van der Waals surface area contributed by atoms with Gasteiger partial charge in [-0.1, -0.05) is 30.3 Å². The van der Waals surface area contributed by atoms with Gasteiger partial charge in [-0.2, -0.15) is 26.3 Å². The fourth-order valence-electron chi connectivity index (χ4n) is 2.32. The highest BCUT2D eigenvalue weighted by Gasteiger charge is 2.31. The summed E-state index contributed by atoms with van der Waals surface area (Å²) in [4.78, 5) is 36.9. The standard InChI is InChI=1S/C19H23F6N3O7/c20-17(21)33-7-11(26)14(29)27-12(8-34-18(22)23)15(30)28-13(9-35-19(24)25)16(31)32-6-10-4-2-1-3-5-10/h1-5,11-13,17-19H,6-9,26H2,(H,27,29)(H,28,30)/t11-,12-,13-/m0/s1. The third kappa shape index (κ3) is 12.9. The van der Waals surface area contributed by atoms with E-state index in [9.17, 15) is 40.7 Å². The number of ether oxygens (including phenoxy) is 4. The van der Waals surface area contributed by atoms with Gasteiger partial charge in [0.1, 0.15) is 18.7 Å². The predicted octanol–water partition coefficient (Wildman–Crippen LogP) is 0.744. The maximum absolute atomic E-state index is 12.5. The molecule has 0 aromatic heterocycles. The molecule has 0 aliphatic heterocycles. The smallest absolute Gasteiger partial charge is 0.345 e. The molecule has 3 atom stereocenters. The van der Waals surface area contributed by atoms with E-state index in [0.717, 1.165) is 0 Å². The average molecular weight is 519 g/mol. The fourth-order valence-corrected chi connectivity index (χ4v) is 2.32. The van der Waals surface area contributed by atoms with Crippen molar-refractivity contribution in [2.45, 2.75) is 44.6 Å². The van der Waals surface area contributed by atoms with Crippen molar-refractivity contribution < 1.29 is 59.7 Å². The summed E-state index contributed by atoms with van der Waals surface area (Å²) in [5, 5.41) is 3.79. The number of esters is 1. The molecule has 0 unspecified atom stereocenters. The highest BCUT2D eigenvalue weighted by molar-refractivity contribution is 5.92. The summed E-state index contributed by atoms with van der Waals surface area (Å²) in [7, 11) is 0. The molecule has 0 fully saturated rings. The van der Waals surface area contributed by atoms with E-state index in [2.05, 4.69) is 14.2 Å². The topological polar surface area (TPSA) is 138 Å². The molecule has 1 aromatic carbocycles. The molecule has 198 valence electrons. The maximum atomic E-state index is 12.5. The van der Waals surface area contributed by atoms with Crippen LogP contribution in [0.25, 0.3) is 0 Å². The lowest BCUT2D eigenvalue weighted by Crippen LogP contribution is -2.57. The molecule has 0 aliphatic rings. The fraction of sp³-hybridized carbons (Fsp3) is 0.526. The van der Waals surface area contributed by atoms with Gasteiger partial charge in [-0.25, -0.2) is 4.79 Å².